The molecule has 0 saturated heterocycles. The molecule has 2 heterocycles. The van der Waals surface area contributed by atoms with Gasteiger partial charge in [0.15, 0.2) is 5.96 Å². The van der Waals surface area contributed by atoms with Gasteiger partial charge in [0.1, 0.15) is 0 Å². The summed E-state index contributed by atoms with van der Waals surface area (Å²) in [6.45, 7) is 2.86. The summed E-state index contributed by atoms with van der Waals surface area (Å²) in [5.41, 5.74) is 13.3. The van der Waals surface area contributed by atoms with E-state index in [-0.39, 0.29) is 5.96 Å². The summed E-state index contributed by atoms with van der Waals surface area (Å²) in [5.74, 6) is -0.666. The predicted octanol–water partition coefficient (Wildman–Crippen LogP) is 3.63. The van der Waals surface area contributed by atoms with Crippen LogP contribution in [0.3, 0.4) is 0 Å². The maximum atomic E-state index is 12.2. The number of fused-ring (bicyclic) bond motifs is 3. The average Bonchev–Trinajstić information content (AvgIpc) is 3.16. The van der Waals surface area contributed by atoms with E-state index in [9.17, 15) is 4.79 Å². The van der Waals surface area contributed by atoms with Crippen molar-refractivity contribution in [3.8, 4) is 0 Å². The number of thiophene rings is 1. The van der Waals surface area contributed by atoms with Crippen LogP contribution in [-0.4, -0.2) is 16.4 Å². The highest BCUT2D eigenvalue weighted by atomic mass is 32.1. The number of aliphatic imine (C=N–C) groups is 1. The highest BCUT2D eigenvalue weighted by Gasteiger charge is 2.14. The number of carbonyl (C=O) groups excluding carboxylic acids is 1. The van der Waals surface area contributed by atoms with Crippen LogP contribution in [-0.2, 0) is 6.54 Å². The minimum atomic E-state index is -0.435. The van der Waals surface area contributed by atoms with E-state index < -0.39 is 5.91 Å². The first kappa shape index (κ1) is 16.4. The molecule has 0 bridgehead atoms. The Hall–Kier alpha value is -3.12. The Morgan fingerprint density at radius 3 is 2.54 bits per heavy atom. The van der Waals surface area contributed by atoms with Gasteiger partial charge in [0, 0.05) is 31.6 Å². The lowest BCUT2D eigenvalue weighted by atomic mass is 10.1. The van der Waals surface area contributed by atoms with Crippen molar-refractivity contribution in [3.63, 3.8) is 0 Å². The van der Waals surface area contributed by atoms with Crippen LogP contribution in [0.15, 0.2) is 59.6 Å². The third kappa shape index (κ3) is 2.84. The molecule has 0 aliphatic carbocycles. The molecule has 0 fully saturated rings. The van der Waals surface area contributed by atoms with Crippen molar-refractivity contribution < 1.29 is 4.79 Å². The molecule has 0 saturated carbocycles. The van der Waals surface area contributed by atoms with Gasteiger partial charge in [-0.05, 0) is 37.3 Å². The molecule has 4 aromatic rings. The molecule has 0 aliphatic rings. The third-order valence-corrected chi connectivity index (χ3v) is 5.35. The number of guanidine groups is 1. The topological polar surface area (TPSA) is 86.4 Å². The Bertz CT molecular complexity index is 1170. The zero-order valence-electron chi connectivity index (χ0n) is 14.3. The Labute approximate surface area is 154 Å². The Morgan fingerprint density at radius 1 is 1.04 bits per heavy atom. The average molecular weight is 362 g/mol. The zero-order valence-corrected chi connectivity index (χ0v) is 15.1. The summed E-state index contributed by atoms with van der Waals surface area (Å²) in [5, 5.41) is 2.27. The number of para-hydroxylation sites is 1. The highest BCUT2D eigenvalue weighted by Crippen LogP contribution is 2.31. The summed E-state index contributed by atoms with van der Waals surface area (Å²) in [6.07, 6.45) is 0. The van der Waals surface area contributed by atoms with Crippen molar-refractivity contribution in [1.29, 1.82) is 0 Å². The molecular formula is C20H18N4OS. The number of hydrogen-bond acceptors (Lipinski definition) is 2. The van der Waals surface area contributed by atoms with Gasteiger partial charge in [-0.3, -0.25) is 4.79 Å². The van der Waals surface area contributed by atoms with Gasteiger partial charge in [-0.25, -0.2) is 0 Å². The Kier molecular flexibility index (Phi) is 3.97. The lowest BCUT2D eigenvalue weighted by Crippen LogP contribution is -2.24. The van der Waals surface area contributed by atoms with E-state index >= 15 is 0 Å². The number of rotatable bonds is 3. The first-order valence-electron chi connectivity index (χ1n) is 8.23. The molecule has 130 valence electrons. The fourth-order valence-corrected chi connectivity index (χ4v) is 4.14. The van der Waals surface area contributed by atoms with E-state index in [1.807, 2.05) is 24.3 Å². The van der Waals surface area contributed by atoms with Crippen LogP contribution in [0.4, 0.5) is 0 Å². The van der Waals surface area contributed by atoms with Crippen molar-refractivity contribution in [1.82, 2.24) is 4.57 Å². The smallest absolute Gasteiger partial charge is 0.280 e. The van der Waals surface area contributed by atoms with Crippen LogP contribution in [0.2, 0.25) is 0 Å². The van der Waals surface area contributed by atoms with Gasteiger partial charge in [0.25, 0.3) is 5.91 Å². The van der Waals surface area contributed by atoms with Gasteiger partial charge in [-0.1, -0.05) is 24.3 Å². The minimum absolute atomic E-state index is 0.232. The summed E-state index contributed by atoms with van der Waals surface area (Å²) in [4.78, 5) is 18.4. The summed E-state index contributed by atoms with van der Waals surface area (Å²) >= 11 is 1.78. The molecule has 5 nitrogen and oxygen atoms in total. The third-order valence-electron chi connectivity index (χ3n) is 4.36. The predicted molar refractivity (Wildman–Crippen MR) is 108 cm³/mol. The number of nitrogens with zero attached hydrogens (tertiary/aromatic N) is 2. The normalized spacial score (nSPS) is 11.1. The molecule has 6 heteroatoms. The molecule has 2 aromatic carbocycles. The fraction of sp³-hybridized carbons (Fsp3) is 0.100. The molecule has 0 aliphatic heterocycles. The number of benzene rings is 2. The number of nitrogens with two attached hydrogens (primary N) is 2. The van der Waals surface area contributed by atoms with Crippen molar-refractivity contribution in [2.45, 2.75) is 13.5 Å². The second kappa shape index (κ2) is 6.31. The summed E-state index contributed by atoms with van der Waals surface area (Å²) < 4.78 is 2.24. The lowest BCUT2D eigenvalue weighted by molar-refractivity contribution is 0.100. The highest BCUT2D eigenvalue weighted by molar-refractivity contribution is 7.11. The van der Waals surface area contributed by atoms with Crippen molar-refractivity contribution >= 4 is 45.0 Å². The maximum absolute atomic E-state index is 12.2. The molecular weight excluding hydrogens is 344 g/mol. The molecule has 0 unspecified atom stereocenters. The molecule has 1 amide bonds. The van der Waals surface area contributed by atoms with Crippen molar-refractivity contribution in [2.24, 2.45) is 16.5 Å². The van der Waals surface area contributed by atoms with Crippen LogP contribution < -0.4 is 11.5 Å². The molecule has 0 radical (unpaired) electrons. The Balaban J connectivity index is 1.93. The van der Waals surface area contributed by atoms with Gasteiger partial charge < -0.3 is 16.0 Å². The quantitative estimate of drug-likeness (QED) is 0.431. The van der Waals surface area contributed by atoms with Gasteiger partial charge >= 0.3 is 0 Å². The number of aromatic nitrogens is 1. The zero-order chi connectivity index (χ0) is 18.3. The summed E-state index contributed by atoms with van der Waals surface area (Å²) in [6, 6.07) is 18.1. The number of carbonyl (C=O) groups is 1. The van der Waals surface area contributed by atoms with E-state index in [0.29, 0.717) is 5.56 Å². The Morgan fingerprint density at radius 2 is 1.81 bits per heavy atom. The molecule has 4 N–H and O–H groups in total. The largest absolute Gasteiger partial charge is 0.370 e. The second-order valence-corrected chi connectivity index (χ2v) is 7.56. The van der Waals surface area contributed by atoms with Gasteiger partial charge in [-0.2, -0.15) is 4.99 Å². The van der Waals surface area contributed by atoms with E-state index in [4.69, 9.17) is 11.5 Å². The van der Waals surface area contributed by atoms with E-state index in [1.54, 1.807) is 17.4 Å². The van der Waals surface area contributed by atoms with Crippen LogP contribution in [0.5, 0.6) is 0 Å². The maximum Gasteiger partial charge on any atom is 0.280 e. The fourth-order valence-electron chi connectivity index (χ4n) is 3.26. The first-order chi connectivity index (χ1) is 12.5. The van der Waals surface area contributed by atoms with Crippen LogP contribution >= 0.6 is 11.3 Å². The van der Waals surface area contributed by atoms with Crippen molar-refractivity contribution in [2.75, 3.05) is 0 Å². The number of aryl methyl sites for hydroxylation is 1. The van der Waals surface area contributed by atoms with Gasteiger partial charge in [-0.15, -0.1) is 11.3 Å². The minimum Gasteiger partial charge on any atom is -0.370 e. The molecule has 2 aromatic heterocycles. The molecule has 0 atom stereocenters. The number of hydrogen-bond donors (Lipinski definition) is 2. The van der Waals surface area contributed by atoms with Gasteiger partial charge in [0.2, 0.25) is 0 Å². The van der Waals surface area contributed by atoms with Crippen LogP contribution in [0.1, 0.15) is 20.1 Å². The van der Waals surface area contributed by atoms with E-state index in [0.717, 1.165) is 28.4 Å². The molecule has 0 spiro atoms. The lowest BCUT2D eigenvalue weighted by Gasteiger charge is -2.06. The standard InChI is InChI=1S/C20H18N4OS/c1-12-6-8-14(26-12)11-24-17-5-3-2-4-15(17)16-9-7-13(10-18(16)24)19(25)23-20(21)22/h2-10H,11H2,1H3,(H4,21,22,23,25). The molecule has 4 rings (SSSR count). The summed E-state index contributed by atoms with van der Waals surface area (Å²) in [7, 11) is 0. The van der Waals surface area contributed by atoms with Gasteiger partial charge in [0.05, 0.1) is 12.1 Å². The van der Waals surface area contributed by atoms with Crippen molar-refractivity contribution in [3.05, 3.63) is 69.9 Å². The monoisotopic (exact) mass is 362 g/mol. The van der Waals surface area contributed by atoms with E-state index in [1.165, 1.54) is 9.75 Å². The first-order valence-corrected chi connectivity index (χ1v) is 9.05. The van der Waals surface area contributed by atoms with Crippen LogP contribution in [0, 0.1) is 6.92 Å². The SMILES string of the molecule is Cc1ccc(Cn2c3ccccc3c3ccc(C(=O)N=C(N)N)cc32)s1. The second-order valence-electron chi connectivity index (χ2n) is 6.19. The van der Waals surface area contributed by atoms with E-state index in [2.05, 4.69) is 40.7 Å². The number of amides is 1. The van der Waals surface area contributed by atoms with Crippen LogP contribution in [0.25, 0.3) is 21.8 Å². The molecule has 26 heavy (non-hydrogen) atoms.